The fraction of sp³-hybridized carbons (Fsp3) is 0.750. The number of fused-ring (bicyclic) bond motifs is 5. The van der Waals surface area contributed by atoms with Crippen LogP contribution in [0.1, 0.15) is 60.8 Å². The van der Waals surface area contributed by atoms with Gasteiger partial charge < -0.3 is 19.3 Å². The summed E-state index contributed by atoms with van der Waals surface area (Å²) in [6.07, 6.45) is -1.56. The van der Waals surface area contributed by atoms with Crippen LogP contribution in [0.25, 0.3) is 0 Å². The summed E-state index contributed by atoms with van der Waals surface area (Å²) in [6.45, 7) is 8.61. The van der Waals surface area contributed by atoms with E-state index in [1.54, 1.807) is 13.8 Å². The Hall–Kier alpha value is -2.36. The summed E-state index contributed by atoms with van der Waals surface area (Å²) in [5.41, 5.74) is -7.98. The summed E-state index contributed by atoms with van der Waals surface area (Å²) in [5.74, 6) is -4.27. The van der Waals surface area contributed by atoms with E-state index in [0.29, 0.717) is 0 Å². The molecule has 10 heteroatoms. The molecule has 212 valence electrons. The Morgan fingerprint density at radius 1 is 1.16 bits per heavy atom. The van der Waals surface area contributed by atoms with Gasteiger partial charge in [-0.2, -0.15) is 0 Å². The Bertz CT molecular complexity index is 1080. The van der Waals surface area contributed by atoms with Crippen molar-refractivity contribution in [3.63, 3.8) is 0 Å². The average Bonchev–Trinajstić information content (AvgIpc) is 3.03. The van der Waals surface area contributed by atoms with Crippen molar-refractivity contribution >= 4 is 17.9 Å². The molecule has 0 aromatic carbocycles. The van der Waals surface area contributed by atoms with Crippen LogP contribution in [-0.2, 0) is 23.8 Å². The summed E-state index contributed by atoms with van der Waals surface area (Å²) in [5, 5.41) is 11.5. The van der Waals surface area contributed by atoms with E-state index in [4.69, 9.17) is 14.2 Å². The second-order valence-electron chi connectivity index (χ2n) is 13.0. The van der Waals surface area contributed by atoms with E-state index < -0.39 is 82.3 Å². The minimum absolute atomic E-state index is 0.0254. The number of hydrogen-bond donors (Lipinski definition) is 1. The molecule has 0 aromatic rings. The molecule has 0 aromatic heterocycles. The van der Waals surface area contributed by atoms with E-state index in [2.05, 4.69) is 0 Å². The number of hydrogen-bond acceptors (Lipinski definition) is 7. The molecule has 0 amide bonds. The van der Waals surface area contributed by atoms with Crippen molar-refractivity contribution in [1.29, 1.82) is 0 Å². The Morgan fingerprint density at radius 2 is 1.82 bits per heavy atom. The molecule has 9 atom stereocenters. The first-order valence-corrected chi connectivity index (χ1v) is 13.0. The zero-order chi connectivity index (χ0) is 28.5. The lowest BCUT2D eigenvalue weighted by Gasteiger charge is -2.62. The number of rotatable bonds is 4. The predicted molar refractivity (Wildman–Crippen MR) is 130 cm³/mol. The highest BCUT2D eigenvalue weighted by Crippen LogP contribution is 2.71. The van der Waals surface area contributed by atoms with Gasteiger partial charge in [0.05, 0.1) is 12.7 Å². The first-order valence-electron chi connectivity index (χ1n) is 13.0. The van der Waals surface area contributed by atoms with Crippen molar-refractivity contribution in [2.45, 2.75) is 84.4 Å². The average molecular weight is 543 g/mol. The van der Waals surface area contributed by atoms with E-state index >= 15 is 8.78 Å². The fourth-order valence-corrected chi connectivity index (χ4v) is 7.81. The van der Waals surface area contributed by atoms with E-state index in [-0.39, 0.29) is 31.4 Å². The van der Waals surface area contributed by atoms with Gasteiger partial charge in [0.1, 0.15) is 6.17 Å². The molecule has 4 rings (SSSR count). The molecule has 0 heterocycles. The largest absolute Gasteiger partial charge is 0.509 e. The number of esters is 1. The second-order valence-corrected chi connectivity index (χ2v) is 13.0. The van der Waals surface area contributed by atoms with Gasteiger partial charge in [-0.1, -0.05) is 40.7 Å². The molecule has 4 aliphatic rings. The lowest BCUT2D eigenvalue weighted by atomic mass is 9.44. The van der Waals surface area contributed by atoms with Crippen molar-refractivity contribution in [3.05, 3.63) is 23.8 Å². The van der Waals surface area contributed by atoms with Gasteiger partial charge >= 0.3 is 12.1 Å². The van der Waals surface area contributed by atoms with Crippen molar-refractivity contribution < 1.29 is 46.9 Å². The molecule has 4 aliphatic carbocycles. The fourth-order valence-electron chi connectivity index (χ4n) is 7.81. The topological polar surface area (TPSA) is 99.1 Å². The Balaban J connectivity index is 1.80. The van der Waals surface area contributed by atoms with Crippen molar-refractivity contribution in [3.8, 4) is 0 Å². The number of halogens is 3. The van der Waals surface area contributed by atoms with Crippen molar-refractivity contribution in [1.82, 2.24) is 0 Å². The third kappa shape index (κ3) is 3.84. The molecule has 0 saturated heterocycles. The van der Waals surface area contributed by atoms with E-state index in [0.717, 1.165) is 6.08 Å². The van der Waals surface area contributed by atoms with Crippen LogP contribution in [0.4, 0.5) is 18.0 Å². The second kappa shape index (κ2) is 9.10. The maximum absolute atomic E-state index is 17.4. The highest BCUT2D eigenvalue weighted by Gasteiger charge is 2.79. The summed E-state index contributed by atoms with van der Waals surface area (Å²) >= 11 is 0. The number of ketones is 1. The molecular weight excluding hydrogens is 505 g/mol. The standard InChI is InChI=1S/C28H37F3O7/c1-15-9-17-18-11-20(30)19-10-16(32)7-8-25(19,5)27(18,31)21(33)12-26(17,6)28(15,22(34)37-14-29)38-23(35)36-13-24(2,3)4/h7-8,10,15,17-18,20-21,33H,9,11-14H2,1-6H3/t15-,17+,18+,20+,21+,25+,26+,27?,28-/m1/s1. The Morgan fingerprint density at radius 3 is 2.42 bits per heavy atom. The molecule has 3 fully saturated rings. The molecule has 1 N–H and O–H groups in total. The minimum Gasteiger partial charge on any atom is -0.434 e. The van der Waals surface area contributed by atoms with Gasteiger partial charge in [0.2, 0.25) is 12.5 Å². The molecule has 0 aliphatic heterocycles. The zero-order valence-corrected chi connectivity index (χ0v) is 22.7. The number of allylic oxidation sites excluding steroid dienone is 4. The smallest absolute Gasteiger partial charge is 0.434 e. The number of alkyl halides is 3. The van der Waals surface area contributed by atoms with Crippen LogP contribution in [0.3, 0.4) is 0 Å². The molecule has 7 nitrogen and oxygen atoms in total. The highest BCUT2D eigenvalue weighted by atomic mass is 19.1. The van der Waals surface area contributed by atoms with Crippen molar-refractivity contribution in [2.75, 3.05) is 13.5 Å². The third-order valence-corrected chi connectivity index (χ3v) is 9.52. The van der Waals surface area contributed by atoms with Crippen molar-refractivity contribution in [2.24, 2.45) is 34.0 Å². The maximum Gasteiger partial charge on any atom is 0.509 e. The lowest BCUT2D eigenvalue weighted by Crippen LogP contribution is -2.71. The van der Waals surface area contributed by atoms with Gasteiger partial charge in [0.25, 0.3) is 0 Å². The molecule has 0 spiro atoms. The number of aliphatic hydroxyl groups excluding tert-OH is 1. The van der Waals surface area contributed by atoms with Gasteiger partial charge in [-0.3, -0.25) is 4.79 Å². The SMILES string of the molecule is C[C@@H]1C[C@H]2[C@@H]3C[C@H](F)C4=CC(=O)C=C[C@]4(C)C3(F)[C@@H](O)C[C@]2(C)[C@]1(OC(=O)OCC(C)(C)C)C(=O)OCF. The van der Waals surface area contributed by atoms with Crippen LogP contribution >= 0.6 is 0 Å². The van der Waals surface area contributed by atoms with Crippen LogP contribution in [0, 0.1) is 34.0 Å². The van der Waals surface area contributed by atoms with Gasteiger partial charge in [0.15, 0.2) is 11.5 Å². The number of aliphatic hydroxyl groups is 1. The van der Waals surface area contributed by atoms with Gasteiger partial charge in [-0.25, -0.2) is 22.8 Å². The first kappa shape index (κ1) is 28.6. The van der Waals surface area contributed by atoms with E-state index in [1.165, 1.54) is 19.1 Å². The molecule has 0 bridgehead atoms. The van der Waals surface area contributed by atoms with Crippen LogP contribution in [0.5, 0.6) is 0 Å². The Kier molecular flexibility index (Phi) is 6.86. The predicted octanol–water partition coefficient (Wildman–Crippen LogP) is 4.96. The highest BCUT2D eigenvalue weighted by molar-refractivity contribution is 6.01. The summed E-state index contributed by atoms with van der Waals surface area (Å²) in [4.78, 5) is 38.3. The minimum atomic E-state index is -2.38. The van der Waals surface area contributed by atoms with Crippen LogP contribution in [0.15, 0.2) is 23.8 Å². The molecule has 3 saturated carbocycles. The zero-order valence-electron chi connectivity index (χ0n) is 22.7. The molecule has 38 heavy (non-hydrogen) atoms. The molecule has 1 unspecified atom stereocenters. The van der Waals surface area contributed by atoms with E-state index in [1.807, 2.05) is 20.8 Å². The summed E-state index contributed by atoms with van der Waals surface area (Å²) in [6, 6.07) is 0. The number of carbonyl (C=O) groups is 3. The number of ether oxygens (including phenoxy) is 3. The monoisotopic (exact) mass is 542 g/mol. The summed E-state index contributed by atoms with van der Waals surface area (Å²) in [7, 11) is 0. The Labute approximate surface area is 220 Å². The maximum atomic E-state index is 17.4. The lowest BCUT2D eigenvalue weighted by molar-refractivity contribution is -0.235. The van der Waals surface area contributed by atoms with Gasteiger partial charge in [-0.15, -0.1) is 0 Å². The van der Waals surface area contributed by atoms with Crippen LogP contribution in [0.2, 0.25) is 0 Å². The first-order chi connectivity index (χ1) is 17.5. The van der Waals surface area contributed by atoms with E-state index in [9.17, 15) is 23.9 Å². The summed E-state index contributed by atoms with van der Waals surface area (Å²) < 4.78 is 62.0. The van der Waals surface area contributed by atoms with Crippen LogP contribution < -0.4 is 0 Å². The number of carbonyl (C=O) groups excluding carboxylic acids is 3. The van der Waals surface area contributed by atoms with Gasteiger partial charge in [0, 0.05) is 22.7 Å². The normalized spacial score (nSPS) is 43.9. The molecular formula is C28H37F3O7. The third-order valence-electron chi connectivity index (χ3n) is 9.52. The van der Waals surface area contributed by atoms with Crippen LogP contribution in [-0.4, -0.2) is 60.0 Å². The quantitative estimate of drug-likeness (QED) is 0.502. The van der Waals surface area contributed by atoms with Gasteiger partial charge in [-0.05, 0) is 55.2 Å². The molecule has 0 radical (unpaired) electrons.